The van der Waals surface area contributed by atoms with Gasteiger partial charge in [0.15, 0.2) is 0 Å². The first-order valence-electron chi connectivity index (χ1n) is 4.63. The highest BCUT2D eigenvalue weighted by Gasteiger charge is 2.24. The lowest BCUT2D eigenvalue weighted by atomic mass is 10.0. The molecule has 0 aromatic heterocycles. The molecule has 1 N–H and O–H groups in total. The molecule has 1 atom stereocenters. The van der Waals surface area contributed by atoms with Crippen LogP contribution in [-0.2, 0) is 4.79 Å². The summed E-state index contributed by atoms with van der Waals surface area (Å²) in [6, 6.07) is 0.375. The molecule has 1 amide bonds. The van der Waals surface area contributed by atoms with Crippen LogP contribution >= 0.6 is 0 Å². The fourth-order valence-electron chi connectivity index (χ4n) is 1.41. The standard InChI is InChI=1S/C9H18N2O/c1-7(2)8(3)11-5-4-10-6-9(11)12/h7-8,10H,4-6H2,1-3H3/t8-/m0/s1. The molecule has 1 aliphatic heterocycles. The number of amides is 1. The van der Waals surface area contributed by atoms with E-state index in [9.17, 15) is 4.79 Å². The van der Waals surface area contributed by atoms with Gasteiger partial charge in [0.25, 0.3) is 0 Å². The van der Waals surface area contributed by atoms with Crippen molar-refractivity contribution in [2.45, 2.75) is 26.8 Å². The summed E-state index contributed by atoms with van der Waals surface area (Å²) in [5.41, 5.74) is 0. The van der Waals surface area contributed by atoms with Crippen LogP contribution < -0.4 is 5.32 Å². The van der Waals surface area contributed by atoms with Crippen LogP contribution in [0.5, 0.6) is 0 Å². The molecule has 0 radical (unpaired) electrons. The van der Waals surface area contributed by atoms with Gasteiger partial charge in [0, 0.05) is 19.1 Å². The fourth-order valence-corrected chi connectivity index (χ4v) is 1.41. The molecule has 1 saturated heterocycles. The Morgan fingerprint density at radius 1 is 1.42 bits per heavy atom. The van der Waals surface area contributed by atoms with E-state index in [0.29, 0.717) is 18.5 Å². The smallest absolute Gasteiger partial charge is 0.236 e. The van der Waals surface area contributed by atoms with E-state index in [-0.39, 0.29) is 5.91 Å². The molecule has 0 aliphatic carbocycles. The maximum atomic E-state index is 11.4. The van der Waals surface area contributed by atoms with Crippen molar-refractivity contribution in [1.82, 2.24) is 10.2 Å². The topological polar surface area (TPSA) is 32.3 Å². The van der Waals surface area contributed by atoms with Crippen molar-refractivity contribution in [3.8, 4) is 0 Å². The van der Waals surface area contributed by atoms with Crippen molar-refractivity contribution in [2.75, 3.05) is 19.6 Å². The zero-order chi connectivity index (χ0) is 9.14. The molecule has 0 saturated carbocycles. The van der Waals surface area contributed by atoms with E-state index in [0.717, 1.165) is 13.1 Å². The monoisotopic (exact) mass is 170 g/mol. The summed E-state index contributed by atoms with van der Waals surface area (Å²) >= 11 is 0. The molecule has 1 heterocycles. The number of piperazine rings is 1. The average molecular weight is 170 g/mol. The summed E-state index contributed by atoms with van der Waals surface area (Å²) in [6.45, 7) is 8.73. The van der Waals surface area contributed by atoms with Crippen LogP contribution in [0.4, 0.5) is 0 Å². The average Bonchev–Trinajstić information content (AvgIpc) is 2.04. The lowest BCUT2D eigenvalue weighted by Gasteiger charge is -2.35. The number of hydrogen-bond donors (Lipinski definition) is 1. The van der Waals surface area contributed by atoms with Gasteiger partial charge in [-0.1, -0.05) is 13.8 Å². The predicted octanol–water partition coefficient (Wildman–Crippen LogP) is 0.463. The molecule has 0 spiro atoms. The number of carbonyl (C=O) groups excluding carboxylic acids is 1. The normalized spacial score (nSPS) is 21.7. The number of carbonyl (C=O) groups is 1. The van der Waals surface area contributed by atoms with Gasteiger partial charge in [-0.05, 0) is 12.8 Å². The Labute approximate surface area is 74.1 Å². The van der Waals surface area contributed by atoms with Gasteiger partial charge in [0.05, 0.1) is 6.54 Å². The van der Waals surface area contributed by atoms with Crippen LogP contribution in [0.1, 0.15) is 20.8 Å². The minimum atomic E-state index is 0.238. The molecular weight excluding hydrogens is 152 g/mol. The first-order valence-corrected chi connectivity index (χ1v) is 4.63. The molecule has 12 heavy (non-hydrogen) atoms. The highest BCUT2D eigenvalue weighted by Crippen LogP contribution is 2.10. The van der Waals surface area contributed by atoms with Crippen molar-refractivity contribution < 1.29 is 4.79 Å². The number of nitrogens with one attached hydrogen (secondary N) is 1. The molecule has 1 fully saturated rings. The molecule has 0 unspecified atom stereocenters. The van der Waals surface area contributed by atoms with Crippen molar-refractivity contribution in [3.05, 3.63) is 0 Å². The van der Waals surface area contributed by atoms with Gasteiger partial charge in [-0.2, -0.15) is 0 Å². The fraction of sp³-hybridized carbons (Fsp3) is 0.889. The van der Waals surface area contributed by atoms with Crippen LogP contribution in [0.3, 0.4) is 0 Å². The summed E-state index contributed by atoms with van der Waals surface area (Å²) in [4.78, 5) is 13.4. The summed E-state index contributed by atoms with van der Waals surface area (Å²) in [7, 11) is 0. The van der Waals surface area contributed by atoms with Gasteiger partial charge in [-0.25, -0.2) is 0 Å². The first-order chi connectivity index (χ1) is 5.63. The predicted molar refractivity (Wildman–Crippen MR) is 48.9 cm³/mol. The second kappa shape index (κ2) is 3.90. The van der Waals surface area contributed by atoms with Crippen LogP contribution in [-0.4, -0.2) is 36.5 Å². The van der Waals surface area contributed by atoms with Gasteiger partial charge >= 0.3 is 0 Å². The van der Waals surface area contributed by atoms with E-state index < -0.39 is 0 Å². The second-order valence-electron chi connectivity index (χ2n) is 3.75. The summed E-state index contributed by atoms with van der Waals surface area (Å²) in [5.74, 6) is 0.787. The van der Waals surface area contributed by atoms with Crippen molar-refractivity contribution >= 4 is 5.91 Å². The van der Waals surface area contributed by atoms with Gasteiger partial charge in [0.2, 0.25) is 5.91 Å². The van der Waals surface area contributed by atoms with E-state index in [1.54, 1.807) is 0 Å². The molecule has 1 rings (SSSR count). The number of hydrogen-bond acceptors (Lipinski definition) is 2. The van der Waals surface area contributed by atoms with Crippen LogP contribution in [0.15, 0.2) is 0 Å². The Morgan fingerprint density at radius 3 is 2.58 bits per heavy atom. The molecule has 70 valence electrons. The van der Waals surface area contributed by atoms with E-state index in [2.05, 4.69) is 26.1 Å². The third-order valence-electron chi connectivity index (χ3n) is 2.58. The SMILES string of the molecule is CC(C)[C@H](C)N1CCNCC1=O. The Hall–Kier alpha value is -0.570. The molecule has 0 aromatic rings. The molecule has 0 bridgehead atoms. The minimum Gasteiger partial charge on any atom is -0.337 e. The summed E-state index contributed by atoms with van der Waals surface area (Å²) < 4.78 is 0. The number of rotatable bonds is 2. The molecule has 1 aliphatic rings. The zero-order valence-corrected chi connectivity index (χ0v) is 8.13. The zero-order valence-electron chi connectivity index (χ0n) is 8.13. The highest BCUT2D eigenvalue weighted by molar-refractivity contribution is 5.79. The van der Waals surface area contributed by atoms with Crippen LogP contribution in [0, 0.1) is 5.92 Å². The van der Waals surface area contributed by atoms with Crippen LogP contribution in [0.25, 0.3) is 0 Å². The van der Waals surface area contributed by atoms with E-state index in [1.165, 1.54) is 0 Å². The van der Waals surface area contributed by atoms with Gasteiger partial charge in [0.1, 0.15) is 0 Å². The van der Waals surface area contributed by atoms with E-state index >= 15 is 0 Å². The quantitative estimate of drug-likeness (QED) is 0.653. The van der Waals surface area contributed by atoms with Crippen LogP contribution in [0.2, 0.25) is 0 Å². The van der Waals surface area contributed by atoms with Crippen molar-refractivity contribution in [1.29, 1.82) is 0 Å². The minimum absolute atomic E-state index is 0.238. The third kappa shape index (κ3) is 1.97. The Balaban J connectivity index is 2.53. The lowest BCUT2D eigenvalue weighted by Crippen LogP contribution is -2.52. The maximum Gasteiger partial charge on any atom is 0.236 e. The summed E-state index contributed by atoms with van der Waals surface area (Å²) in [6.07, 6.45) is 0. The largest absolute Gasteiger partial charge is 0.337 e. The van der Waals surface area contributed by atoms with Gasteiger partial charge < -0.3 is 10.2 Å². The summed E-state index contributed by atoms with van der Waals surface area (Å²) in [5, 5.41) is 3.07. The Bertz CT molecular complexity index is 168. The van der Waals surface area contributed by atoms with Crippen molar-refractivity contribution in [2.24, 2.45) is 5.92 Å². The number of nitrogens with zero attached hydrogens (tertiary/aromatic N) is 1. The molecule has 3 heteroatoms. The van der Waals surface area contributed by atoms with Crippen molar-refractivity contribution in [3.63, 3.8) is 0 Å². The van der Waals surface area contributed by atoms with E-state index in [1.807, 2.05) is 4.90 Å². The van der Waals surface area contributed by atoms with Gasteiger partial charge in [-0.15, -0.1) is 0 Å². The maximum absolute atomic E-state index is 11.4. The third-order valence-corrected chi connectivity index (χ3v) is 2.58. The molecular formula is C9H18N2O. The van der Waals surface area contributed by atoms with Gasteiger partial charge in [-0.3, -0.25) is 4.79 Å². The second-order valence-corrected chi connectivity index (χ2v) is 3.75. The molecule has 0 aromatic carbocycles. The Morgan fingerprint density at radius 2 is 2.08 bits per heavy atom. The lowest BCUT2D eigenvalue weighted by molar-refractivity contribution is -0.134. The molecule has 3 nitrogen and oxygen atoms in total. The Kier molecular flexibility index (Phi) is 3.09. The highest BCUT2D eigenvalue weighted by atomic mass is 16.2. The van der Waals surface area contributed by atoms with E-state index in [4.69, 9.17) is 0 Å². The first kappa shape index (κ1) is 9.52.